The third kappa shape index (κ3) is 8.92. The highest BCUT2D eigenvalue weighted by atomic mass is 16.4. The van der Waals surface area contributed by atoms with E-state index in [0.717, 1.165) is 25.7 Å². The van der Waals surface area contributed by atoms with Crippen LogP contribution in [-0.2, 0) is 9.59 Å². The van der Waals surface area contributed by atoms with Crippen LogP contribution in [0.5, 0.6) is 0 Å². The molecule has 0 saturated heterocycles. The molecule has 0 unspecified atom stereocenters. The van der Waals surface area contributed by atoms with E-state index in [1.54, 1.807) is 19.1 Å². The summed E-state index contributed by atoms with van der Waals surface area (Å²) < 4.78 is 0. The molecule has 1 rings (SSSR count). The number of hydrogen-bond donors (Lipinski definition) is 4. The Balaban J connectivity index is 2.39. The summed E-state index contributed by atoms with van der Waals surface area (Å²) in [6.07, 6.45) is 7.88. The third-order valence-electron chi connectivity index (χ3n) is 5.07. The van der Waals surface area contributed by atoms with E-state index < -0.39 is 18.2 Å². The Kier molecular flexibility index (Phi) is 10.7. The van der Waals surface area contributed by atoms with Gasteiger partial charge in [0.25, 0.3) is 0 Å². The Morgan fingerprint density at radius 2 is 1.85 bits per heavy atom. The summed E-state index contributed by atoms with van der Waals surface area (Å²) in [4.78, 5) is 22.6. The Labute approximate surface area is 155 Å². The highest BCUT2D eigenvalue weighted by Gasteiger charge is 2.39. The van der Waals surface area contributed by atoms with Gasteiger partial charge < -0.3 is 20.4 Å². The maximum atomic E-state index is 12.1. The Morgan fingerprint density at radius 3 is 2.50 bits per heavy atom. The number of carbonyl (C=O) groups excluding carboxylic acids is 1. The topological polar surface area (TPSA) is 115 Å². The minimum atomic E-state index is -0.781. The van der Waals surface area contributed by atoms with Crippen LogP contribution < -0.4 is 0 Å². The van der Waals surface area contributed by atoms with Gasteiger partial charge in [0.1, 0.15) is 5.78 Å². The van der Waals surface area contributed by atoms with E-state index in [9.17, 15) is 24.9 Å². The molecule has 0 aliphatic heterocycles. The summed E-state index contributed by atoms with van der Waals surface area (Å²) in [7, 11) is 0. The predicted molar refractivity (Wildman–Crippen MR) is 98.6 cm³/mol. The van der Waals surface area contributed by atoms with Crippen molar-refractivity contribution in [1.82, 2.24) is 0 Å². The maximum absolute atomic E-state index is 12.1. The normalized spacial score (nSPS) is 25.7. The van der Waals surface area contributed by atoms with E-state index in [4.69, 9.17) is 5.11 Å². The average molecular weight is 370 g/mol. The van der Waals surface area contributed by atoms with Crippen molar-refractivity contribution in [3.63, 3.8) is 0 Å². The summed E-state index contributed by atoms with van der Waals surface area (Å²) in [6.45, 7) is 1.72. The number of aliphatic carboxylic acids is 1. The van der Waals surface area contributed by atoms with E-state index in [2.05, 4.69) is 0 Å². The highest BCUT2D eigenvalue weighted by molar-refractivity contribution is 5.84. The number of rotatable bonds is 13. The molecule has 0 aromatic carbocycles. The molecule has 0 aromatic rings. The second-order valence-corrected chi connectivity index (χ2v) is 7.50. The summed E-state index contributed by atoms with van der Waals surface area (Å²) in [5.41, 5.74) is 0. The smallest absolute Gasteiger partial charge is 0.303 e. The molecular weight excluding hydrogens is 336 g/mol. The lowest BCUT2D eigenvalue weighted by atomic mass is 9.88. The lowest BCUT2D eigenvalue weighted by Crippen LogP contribution is -2.19. The van der Waals surface area contributed by atoms with Gasteiger partial charge in [-0.05, 0) is 39.0 Å². The van der Waals surface area contributed by atoms with Crippen molar-refractivity contribution in [2.45, 2.75) is 89.4 Å². The molecule has 1 aliphatic rings. The number of carboxylic acids is 1. The molecule has 0 heterocycles. The molecule has 0 bridgehead atoms. The Morgan fingerprint density at radius 1 is 1.15 bits per heavy atom. The number of carbonyl (C=O) groups is 2. The molecule has 6 nitrogen and oxygen atoms in total. The lowest BCUT2D eigenvalue weighted by molar-refractivity contribution is -0.137. The van der Waals surface area contributed by atoms with E-state index >= 15 is 0 Å². The third-order valence-corrected chi connectivity index (χ3v) is 5.07. The van der Waals surface area contributed by atoms with Crippen LogP contribution in [0, 0.1) is 11.8 Å². The largest absolute Gasteiger partial charge is 0.481 e. The fourth-order valence-electron chi connectivity index (χ4n) is 3.56. The van der Waals surface area contributed by atoms with Gasteiger partial charge in [0.2, 0.25) is 0 Å². The van der Waals surface area contributed by atoms with Gasteiger partial charge in [0.05, 0.1) is 18.3 Å². The molecule has 0 spiro atoms. The van der Waals surface area contributed by atoms with Gasteiger partial charge in [0, 0.05) is 24.7 Å². The van der Waals surface area contributed by atoms with Gasteiger partial charge in [-0.15, -0.1) is 0 Å². The summed E-state index contributed by atoms with van der Waals surface area (Å²) in [6, 6.07) is 0. The molecule has 0 amide bonds. The number of aliphatic hydroxyl groups is 3. The van der Waals surface area contributed by atoms with Crippen LogP contribution >= 0.6 is 0 Å². The SMILES string of the molecule is C[C@@H](O)CCC[C@H](O)/C=C/[C@H]1[C@H](O)CC(=O)[C@@H]1CCCCCCC(=O)O. The molecule has 4 N–H and O–H groups in total. The van der Waals surface area contributed by atoms with Crippen LogP contribution in [0.15, 0.2) is 12.2 Å². The Bertz CT molecular complexity index is 459. The molecule has 0 radical (unpaired) electrons. The fraction of sp³-hybridized carbons (Fsp3) is 0.800. The van der Waals surface area contributed by atoms with Crippen LogP contribution in [0.25, 0.3) is 0 Å². The van der Waals surface area contributed by atoms with Crippen molar-refractivity contribution < 1.29 is 30.0 Å². The first-order valence-electron chi connectivity index (χ1n) is 9.78. The maximum Gasteiger partial charge on any atom is 0.303 e. The first-order valence-corrected chi connectivity index (χ1v) is 9.78. The van der Waals surface area contributed by atoms with Crippen LogP contribution in [0.2, 0.25) is 0 Å². The second kappa shape index (κ2) is 12.2. The van der Waals surface area contributed by atoms with Crippen molar-refractivity contribution in [2.24, 2.45) is 11.8 Å². The van der Waals surface area contributed by atoms with Gasteiger partial charge in [-0.2, -0.15) is 0 Å². The number of unbranched alkanes of at least 4 members (excludes halogenated alkanes) is 3. The zero-order valence-electron chi connectivity index (χ0n) is 15.7. The van der Waals surface area contributed by atoms with Crippen molar-refractivity contribution in [1.29, 1.82) is 0 Å². The van der Waals surface area contributed by atoms with Crippen LogP contribution in [0.1, 0.15) is 71.1 Å². The number of Topliss-reactive ketones (excluding diaryl/α,β-unsaturated/α-hetero) is 1. The lowest BCUT2D eigenvalue weighted by Gasteiger charge is -2.18. The number of carboxylic acid groups (broad SMARTS) is 1. The molecular formula is C20H34O6. The van der Waals surface area contributed by atoms with Gasteiger partial charge in [-0.1, -0.05) is 31.4 Å². The second-order valence-electron chi connectivity index (χ2n) is 7.50. The molecule has 6 heteroatoms. The quantitative estimate of drug-likeness (QED) is 0.292. The molecule has 5 atom stereocenters. The minimum Gasteiger partial charge on any atom is -0.481 e. The summed E-state index contributed by atoms with van der Waals surface area (Å²) in [5.74, 6) is -1.18. The monoisotopic (exact) mass is 370 g/mol. The van der Waals surface area contributed by atoms with Gasteiger partial charge in [-0.25, -0.2) is 0 Å². The van der Waals surface area contributed by atoms with Crippen LogP contribution in [-0.4, -0.2) is 50.5 Å². The van der Waals surface area contributed by atoms with Crippen molar-refractivity contribution in [2.75, 3.05) is 0 Å². The van der Waals surface area contributed by atoms with E-state index in [-0.39, 0.29) is 36.6 Å². The number of hydrogen-bond acceptors (Lipinski definition) is 5. The zero-order chi connectivity index (χ0) is 19.5. The van der Waals surface area contributed by atoms with E-state index in [1.165, 1.54) is 0 Å². The van der Waals surface area contributed by atoms with Crippen molar-refractivity contribution in [3.8, 4) is 0 Å². The molecule has 26 heavy (non-hydrogen) atoms. The van der Waals surface area contributed by atoms with E-state index in [1.807, 2.05) is 0 Å². The minimum absolute atomic E-state index is 0.0706. The van der Waals surface area contributed by atoms with Crippen LogP contribution in [0.3, 0.4) is 0 Å². The molecule has 1 fully saturated rings. The molecule has 0 aromatic heterocycles. The molecule has 150 valence electrons. The Hall–Kier alpha value is -1.24. The predicted octanol–water partition coefficient (Wildman–Crippen LogP) is 2.45. The first-order chi connectivity index (χ1) is 12.3. The van der Waals surface area contributed by atoms with E-state index in [0.29, 0.717) is 25.7 Å². The molecule has 1 aliphatic carbocycles. The van der Waals surface area contributed by atoms with Crippen molar-refractivity contribution in [3.05, 3.63) is 12.2 Å². The average Bonchev–Trinajstić information content (AvgIpc) is 2.81. The van der Waals surface area contributed by atoms with Gasteiger partial charge >= 0.3 is 5.97 Å². The zero-order valence-corrected chi connectivity index (χ0v) is 15.7. The summed E-state index contributed by atoms with van der Waals surface area (Å²) >= 11 is 0. The van der Waals surface area contributed by atoms with Crippen LogP contribution in [0.4, 0.5) is 0 Å². The van der Waals surface area contributed by atoms with Crippen molar-refractivity contribution >= 4 is 11.8 Å². The summed E-state index contributed by atoms with van der Waals surface area (Å²) in [5, 5.41) is 38.0. The number of aliphatic hydroxyl groups excluding tert-OH is 3. The molecule has 1 saturated carbocycles. The first kappa shape index (κ1) is 22.8. The van der Waals surface area contributed by atoms with Gasteiger partial charge in [-0.3, -0.25) is 9.59 Å². The standard InChI is InChI=1S/C20H34O6/c1-14(21)7-6-8-15(22)11-12-17-16(18(23)13-19(17)24)9-4-2-3-5-10-20(25)26/h11-12,14-17,19,21-22,24H,2-10,13H2,1H3,(H,25,26)/b12-11+/t14-,15+,16-,17-,19-/m1/s1. The van der Waals surface area contributed by atoms with Gasteiger partial charge in [0.15, 0.2) is 0 Å². The number of ketones is 1. The highest BCUT2D eigenvalue weighted by Crippen LogP contribution is 2.34. The fourth-order valence-corrected chi connectivity index (χ4v) is 3.56.